The third kappa shape index (κ3) is 83.2. The molecule has 190 valence electrons. The number of nitrogens with zero attached hydrogens (tertiary/aromatic N) is 3. The number of carboxylic acid groups (broad SMARTS) is 2. The van der Waals surface area contributed by atoms with Crippen LogP contribution in [-0.2, 0) is 9.59 Å². The van der Waals surface area contributed by atoms with Gasteiger partial charge in [-0.05, 0) is 45.8 Å². The van der Waals surface area contributed by atoms with Gasteiger partial charge in [0.15, 0.2) is 0 Å². The topological polar surface area (TPSA) is 80.3 Å². The third-order valence-corrected chi connectivity index (χ3v) is 3.54. The van der Waals surface area contributed by atoms with E-state index in [2.05, 4.69) is 97.4 Å². The zero-order chi connectivity index (χ0) is 25.9. The van der Waals surface area contributed by atoms with Crippen molar-refractivity contribution in [1.29, 1.82) is 0 Å². The molecule has 0 aliphatic carbocycles. The van der Waals surface area contributed by atoms with Gasteiger partial charge in [-0.1, -0.05) is 13.2 Å². The largest absolute Gasteiger partial charge is 1.00 e. The Hall–Kier alpha value is -1.41. The Morgan fingerprint density at radius 2 is 0.645 bits per heavy atom. The van der Waals surface area contributed by atoms with Crippen LogP contribution in [0.2, 0.25) is 0 Å². The lowest BCUT2D eigenvalue weighted by Crippen LogP contribution is -3.00. The minimum Gasteiger partial charge on any atom is -1.00 e. The van der Waals surface area contributed by atoms with Crippen LogP contribution in [0.25, 0.3) is 0 Å². The summed E-state index contributed by atoms with van der Waals surface area (Å²) in [6, 6.07) is 0. The smallest absolute Gasteiger partial charge is 0.0751 e. The standard InChI is InChI=1S/3C5H14N.2C4H6O2.ClH/c3*1-5-6(2,3)4;2*1-3(2)4(5)6;/h3*5H2,1-4H3;2*1H2,2H3,(H,5,6);1H/q3*+1;;;/p-3. The van der Waals surface area contributed by atoms with Gasteiger partial charge in [-0.25, -0.2) is 0 Å². The van der Waals surface area contributed by atoms with Gasteiger partial charge in [0.1, 0.15) is 0 Å². The number of hydrogen-bond donors (Lipinski definition) is 0. The van der Waals surface area contributed by atoms with Gasteiger partial charge in [0, 0.05) is 0 Å². The number of quaternary nitrogens is 3. The average molecular weight is 470 g/mol. The molecule has 0 aromatic rings. The third-order valence-electron chi connectivity index (χ3n) is 3.54. The van der Waals surface area contributed by atoms with Gasteiger partial charge in [0.25, 0.3) is 0 Å². The maximum Gasteiger partial charge on any atom is 0.0751 e. The van der Waals surface area contributed by atoms with E-state index in [4.69, 9.17) is 0 Å². The Balaban J connectivity index is -0.0000000625. The predicted octanol–water partition coefficient (Wildman–Crippen LogP) is -2.23. The highest BCUT2D eigenvalue weighted by molar-refractivity contribution is 5.83. The molecule has 0 unspecified atom stereocenters. The number of carbonyl (C=O) groups excluding carboxylic acids is 2. The van der Waals surface area contributed by atoms with Crippen LogP contribution < -0.4 is 22.6 Å². The SMILES string of the molecule is C=C(C)C(=O)[O-].C=C(C)C(=O)[O-].CC[N+](C)(C)C.CC[N+](C)(C)C.CC[N+](C)(C)C.[Cl-]. The summed E-state index contributed by atoms with van der Waals surface area (Å²) in [6.07, 6.45) is 0. The van der Waals surface area contributed by atoms with Crippen LogP contribution in [0.1, 0.15) is 34.6 Å². The molecule has 0 aliphatic heterocycles. The Morgan fingerprint density at radius 3 is 0.645 bits per heavy atom. The first-order chi connectivity index (χ1) is 13.0. The fourth-order valence-electron chi connectivity index (χ4n) is 0. The molecule has 0 amide bonds. The van der Waals surface area contributed by atoms with E-state index in [0.29, 0.717) is 0 Å². The molecule has 0 saturated carbocycles. The molecule has 0 aliphatic rings. The minimum absolute atomic E-state index is 0. The molecule has 0 aromatic carbocycles. The van der Waals surface area contributed by atoms with Gasteiger partial charge in [-0.2, -0.15) is 0 Å². The van der Waals surface area contributed by atoms with Gasteiger partial charge < -0.3 is 45.7 Å². The highest BCUT2D eigenvalue weighted by Gasteiger charge is 1.98. The van der Waals surface area contributed by atoms with Crippen LogP contribution in [0.3, 0.4) is 0 Å². The van der Waals surface area contributed by atoms with Crippen LogP contribution in [0, 0.1) is 0 Å². The van der Waals surface area contributed by atoms with Crippen molar-refractivity contribution in [2.24, 2.45) is 0 Å². The Labute approximate surface area is 199 Å². The van der Waals surface area contributed by atoms with Crippen LogP contribution in [0.15, 0.2) is 24.3 Å². The zero-order valence-corrected chi connectivity index (χ0v) is 23.6. The number of halogens is 1. The maximum atomic E-state index is 9.49. The summed E-state index contributed by atoms with van der Waals surface area (Å²) in [6.45, 7) is 19.1. The van der Waals surface area contributed by atoms with E-state index < -0.39 is 11.9 Å². The second-order valence-electron chi connectivity index (χ2n) is 9.96. The molecule has 0 aromatic heterocycles. The maximum absolute atomic E-state index is 9.49. The lowest BCUT2D eigenvalue weighted by Gasteiger charge is -2.20. The van der Waals surface area contributed by atoms with E-state index in [0.717, 1.165) is 13.4 Å². The molecule has 0 atom stereocenters. The quantitative estimate of drug-likeness (QED) is 0.337. The molecule has 0 saturated heterocycles. The molecule has 0 N–H and O–H groups in total. The molecule has 7 nitrogen and oxygen atoms in total. The summed E-state index contributed by atoms with van der Waals surface area (Å²) in [7, 11) is 19.6. The Kier molecular flexibility index (Phi) is 30.6. The summed E-state index contributed by atoms with van der Waals surface area (Å²) in [5.41, 5.74) is 0.130. The predicted molar refractivity (Wildman–Crippen MR) is 125 cm³/mol. The van der Waals surface area contributed by atoms with E-state index in [1.54, 1.807) is 0 Å². The Bertz CT molecular complexity index is 405. The van der Waals surface area contributed by atoms with Crippen molar-refractivity contribution in [3.05, 3.63) is 24.3 Å². The van der Waals surface area contributed by atoms with Gasteiger partial charge in [0.05, 0.1) is 95.0 Å². The number of hydrogen-bond acceptors (Lipinski definition) is 4. The van der Waals surface area contributed by atoms with Gasteiger partial charge in [-0.15, -0.1) is 0 Å². The van der Waals surface area contributed by atoms with E-state index in [1.807, 2.05) is 0 Å². The fourth-order valence-corrected chi connectivity index (χ4v) is 0. The van der Waals surface area contributed by atoms with Crippen molar-refractivity contribution < 1.29 is 45.7 Å². The summed E-state index contributed by atoms with van der Waals surface area (Å²) < 4.78 is 3.21. The van der Waals surface area contributed by atoms with E-state index in [9.17, 15) is 19.8 Å². The van der Waals surface area contributed by atoms with Gasteiger partial charge in [-0.3, -0.25) is 0 Å². The molecular formula is C23H52ClN3O4. The second-order valence-corrected chi connectivity index (χ2v) is 9.96. The lowest BCUT2D eigenvalue weighted by molar-refractivity contribution is -0.868. The Morgan fingerprint density at radius 1 is 0.581 bits per heavy atom. The molecule has 0 rings (SSSR count). The van der Waals surface area contributed by atoms with Crippen molar-refractivity contribution in [2.75, 3.05) is 83.1 Å². The van der Waals surface area contributed by atoms with E-state index >= 15 is 0 Å². The average Bonchev–Trinajstić information content (AvgIpc) is 2.55. The van der Waals surface area contributed by atoms with E-state index in [-0.39, 0.29) is 23.6 Å². The van der Waals surface area contributed by atoms with Crippen LogP contribution in [-0.4, -0.2) is 108 Å². The number of carbonyl (C=O) groups is 2. The molecule has 31 heavy (non-hydrogen) atoms. The molecule has 0 fully saturated rings. The summed E-state index contributed by atoms with van der Waals surface area (Å²) in [4.78, 5) is 19.0. The van der Waals surface area contributed by atoms with Crippen molar-refractivity contribution in [3.63, 3.8) is 0 Å². The second kappa shape index (κ2) is 21.8. The highest BCUT2D eigenvalue weighted by Crippen LogP contribution is 1.85. The summed E-state index contributed by atoms with van der Waals surface area (Å²) in [5.74, 6) is -2.37. The molecule has 0 heterocycles. The highest BCUT2D eigenvalue weighted by atomic mass is 35.5. The monoisotopic (exact) mass is 469 g/mol. The van der Waals surface area contributed by atoms with Gasteiger partial charge in [0.2, 0.25) is 0 Å². The van der Waals surface area contributed by atoms with Crippen molar-refractivity contribution in [3.8, 4) is 0 Å². The molecule has 0 bridgehead atoms. The first-order valence-corrected chi connectivity index (χ1v) is 10.1. The van der Waals surface area contributed by atoms with Crippen molar-refractivity contribution >= 4 is 11.9 Å². The lowest BCUT2D eigenvalue weighted by atomic mass is 10.4. The number of rotatable bonds is 5. The van der Waals surface area contributed by atoms with Crippen molar-refractivity contribution in [1.82, 2.24) is 0 Å². The first-order valence-electron chi connectivity index (χ1n) is 10.1. The fraction of sp³-hybridized carbons (Fsp3) is 0.739. The van der Waals surface area contributed by atoms with Crippen LogP contribution in [0.4, 0.5) is 0 Å². The van der Waals surface area contributed by atoms with E-state index in [1.165, 1.54) is 33.5 Å². The summed E-state index contributed by atoms with van der Waals surface area (Å²) >= 11 is 0. The van der Waals surface area contributed by atoms with Crippen LogP contribution in [0.5, 0.6) is 0 Å². The zero-order valence-electron chi connectivity index (χ0n) is 22.9. The van der Waals surface area contributed by atoms with Crippen LogP contribution >= 0.6 is 0 Å². The van der Waals surface area contributed by atoms with Crippen molar-refractivity contribution in [2.45, 2.75) is 34.6 Å². The number of carboxylic acids is 2. The first kappa shape index (κ1) is 43.5. The summed E-state index contributed by atoms with van der Waals surface area (Å²) in [5, 5.41) is 19.0. The normalized spacial score (nSPS) is 9.87. The van der Waals surface area contributed by atoms with Gasteiger partial charge >= 0.3 is 0 Å². The molecule has 0 spiro atoms. The molecule has 0 radical (unpaired) electrons. The number of aliphatic carboxylic acids is 2. The molecule has 8 heteroatoms. The molecular weight excluding hydrogens is 418 g/mol. The minimum atomic E-state index is -1.19.